The quantitative estimate of drug-likeness (QED) is 0.455. The van der Waals surface area contributed by atoms with Gasteiger partial charge >= 0.3 is 14.2 Å². The van der Waals surface area contributed by atoms with Gasteiger partial charge in [0.1, 0.15) is 0 Å². The Bertz CT molecular complexity index is 199. The van der Waals surface area contributed by atoms with Crippen LogP contribution in [0.1, 0.15) is 52.9 Å². The van der Waals surface area contributed by atoms with Gasteiger partial charge < -0.3 is 14.0 Å². The van der Waals surface area contributed by atoms with E-state index >= 15 is 0 Å². The molecule has 102 valence electrons. The van der Waals surface area contributed by atoms with Crippen LogP contribution in [-0.4, -0.2) is 32.5 Å². The molecule has 0 rings (SSSR count). The molecule has 0 aromatic rings. The fraction of sp³-hybridized carbons (Fsp3) is 0.917. The second-order valence-electron chi connectivity index (χ2n) is 4.21. The van der Waals surface area contributed by atoms with Gasteiger partial charge in [0.2, 0.25) is 0 Å². The lowest BCUT2D eigenvalue weighted by Gasteiger charge is -2.26. The zero-order valence-corrected chi connectivity index (χ0v) is 12.3. The van der Waals surface area contributed by atoms with Crippen molar-refractivity contribution in [2.75, 3.05) is 13.2 Å². The van der Waals surface area contributed by atoms with Gasteiger partial charge in [0.05, 0.1) is 0 Å². The highest BCUT2D eigenvalue weighted by Gasteiger charge is 2.46. The summed E-state index contributed by atoms with van der Waals surface area (Å²) in [4.78, 5) is 11.4. The minimum Gasteiger partial charge on any atom is -0.481 e. The average Bonchev–Trinajstić information content (AvgIpc) is 2.29. The number of rotatable bonds is 11. The Labute approximate surface area is 106 Å². The zero-order chi connectivity index (χ0) is 13.1. The highest BCUT2D eigenvalue weighted by molar-refractivity contribution is 6.95. The van der Waals surface area contributed by atoms with E-state index in [0.29, 0.717) is 19.3 Å². The Balaban J connectivity index is 4.43. The molecule has 0 bridgehead atoms. The van der Waals surface area contributed by atoms with Gasteiger partial charge in [0.15, 0.2) is 0 Å². The van der Waals surface area contributed by atoms with Crippen molar-refractivity contribution in [1.29, 1.82) is 0 Å². The largest absolute Gasteiger partial charge is 0.481 e. The smallest absolute Gasteiger partial charge is 0.462 e. The van der Waals surface area contributed by atoms with Gasteiger partial charge in [-0.25, -0.2) is 0 Å². The molecule has 1 N–H and O–H groups in total. The summed E-state index contributed by atoms with van der Waals surface area (Å²) in [5.41, 5.74) is -0.869. The highest BCUT2D eigenvalue weighted by Crippen LogP contribution is 2.18. The molecule has 0 heterocycles. The van der Waals surface area contributed by atoms with Crippen LogP contribution in [0.5, 0.6) is 0 Å². The Morgan fingerprint density at radius 1 is 1.00 bits per heavy atom. The van der Waals surface area contributed by atoms with Crippen LogP contribution in [0, 0.1) is 0 Å². The molecule has 0 aliphatic heterocycles. The fourth-order valence-electron chi connectivity index (χ4n) is 1.51. The van der Waals surface area contributed by atoms with Gasteiger partial charge in [-0.2, -0.15) is 0 Å². The van der Waals surface area contributed by atoms with E-state index in [-0.39, 0.29) is 0 Å². The van der Waals surface area contributed by atoms with Crippen molar-refractivity contribution in [3.63, 3.8) is 0 Å². The molecule has 0 aliphatic carbocycles. The Morgan fingerprint density at radius 3 is 1.76 bits per heavy atom. The van der Waals surface area contributed by atoms with E-state index in [9.17, 15) is 9.90 Å². The normalized spacial score (nSPS) is 11.7. The van der Waals surface area contributed by atoms with E-state index in [1.165, 1.54) is 0 Å². The molecule has 0 aromatic heterocycles. The van der Waals surface area contributed by atoms with Gasteiger partial charge in [-0.3, -0.25) is 4.79 Å². The van der Waals surface area contributed by atoms with Crippen LogP contribution >= 0.6 is 0 Å². The van der Waals surface area contributed by atoms with Crippen LogP contribution in [0.15, 0.2) is 0 Å². The maximum atomic E-state index is 11.4. The van der Waals surface area contributed by atoms with E-state index in [1.807, 2.05) is 6.92 Å². The molecular formula is C12H26O4Si. The first-order valence-electron chi connectivity index (χ1n) is 6.64. The second-order valence-corrected chi connectivity index (χ2v) is 7.22. The van der Waals surface area contributed by atoms with E-state index < -0.39 is 14.2 Å². The van der Waals surface area contributed by atoms with E-state index in [0.717, 1.165) is 32.1 Å². The number of hydrogen-bond acceptors (Lipinski definition) is 3. The summed E-state index contributed by atoms with van der Waals surface area (Å²) in [6.07, 6.45) is 4.58. The van der Waals surface area contributed by atoms with Crippen molar-refractivity contribution in [2.45, 2.75) is 58.9 Å². The molecule has 0 aliphatic rings. The van der Waals surface area contributed by atoms with Gasteiger partial charge in [0.25, 0.3) is 0 Å². The first-order valence-corrected chi connectivity index (χ1v) is 8.66. The Morgan fingerprint density at radius 2 is 1.47 bits per heavy atom. The molecule has 0 spiro atoms. The molecule has 0 fully saturated rings. The summed E-state index contributed by atoms with van der Waals surface area (Å²) in [5, 5.41) is 9.37. The third-order valence-corrected chi connectivity index (χ3v) is 5.72. The van der Waals surface area contributed by atoms with Gasteiger partial charge in [-0.15, -0.1) is 0 Å². The molecule has 0 saturated carbocycles. The summed E-state index contributed by atoms with van der Waals surface area (Å²) >= 11 is 0. The highest BCUT2D eigenvalue weighted by atomic mass is 28.4. The first-order chi connectivity index (χ1) is 8.13. The van der Waals surface area contributed by atoms with Crippen LogP contribution in [0.2, 0.25) is 6.04 Å². The molecule has 17 heavy (non-hydrogen) atoms. The summed E-state index contributed by atoms with van der Waals surface area (Å²) in [6.45, 7) is 7.09. The van der Waals surface area contributed by atoms with Crippen molar-refractivity contribution in [1.82, 2.24) is 0 Å². The molecule has 5 heteroatoms. The molecule has 0 radical (unpaired) electrons. The third kappa shape index (κ3) is 6.19. The van der Waals surface area contributed by atoms with Gasteiger partial charge in [0, 0.05) is 19.3 Å². The van der Waals surface area contributed by atoms with Crippen LogP contribution in [0.4, 0.5) is 4.79 Å². The standard InChI is InChI=1S/C12H26O4Si/c1-4-7-9-15-17(11-6-3,12(13)14)16-10-8-5-2/h4-11H2,1-3H3,(H,13,14). The molecule has 0 saturated heterocycles. The van der Waals surface area contributed by atoms with E-state index in [4.69, 9.17) is 8.85 Å². The lowest BCUT2D eigenvalue weighted by atomic mass is 10.4. The monoisotopic (exact) mass is 262 g/mol. The third-order valence-electron chi connectivity index (χ3n) is 2.57. The van der Waals surface area contributed by atoms with Gasteiger partial charge in [-0.1, -0.05) is 40.0 Å². The molecule has 0 atom stereocenters. The van der Waals surface area contributed by atoms with Crippen molar-refractivity contribution < 1.29 is 18.8 Å². The van der Waals surface area contributed by atoms with Crippen molar-refractivity contribution in [3.8, 4) is 0 Å². The SMILES string of the molecule is CCCCO[Si](CCC)(OCCCC)C(=O)O. The summed E-state index contributed by atoms with van der Waals surface area (Å²) < 4.78 is 11.3. The summed E-state index contributed by atoms with van der Waals surface area (Å²) in [6, 6.07) is 0.537. The maximum Gasteiger partial charge on any atom is 0.462 e. The number of hydrogen-bond donors (Lipinski definition) is 1. The lowest BCUT2D eigenvalue weighted by Crippen LogP contribution is -2.50. The molecule has 0 aromatic carbocycles. The van der Waals surface area contributed by atoms with E-state index in [1.54, 1.807) is 0 Å². The Kier molecular flexibility index (Phi) is 9.40. The number of carboxylic acid groups (broad SMARTS) is 1. The minimum absolute atomic E-state index is 0.501. The van der Waals surface area contributed by atoms with Crippen LogP contribution in [0.3, 0.4) is 0 Å². The summed E-state index contributed by atoms with van der Waals surface area (Å²) in [5.74, 6) is 0. The van der Waals surface area contributed by atoms with Crippen molar-refractivity contribution in [3.05, 3.63) is 0 Å². The molecule has 0 unspecified atom stereocenters. The Hall–Kier alpha value is -0.393. The molecular weight excluding hydrogens is 236 g/mol. The minimum atomic E-state index is -3.03. The molecule has 4 nitrogen and oxygen atoms in total. The lowest BCUT2D eigenvalue weighted by molar-refractivity contribution is 0.144. The van der Waals surface area contributed by atoms with Crippen LogP contribution < -0.4 is 0 Å². The maximum absolute atomic E-state index is 11.4. The first kappa shape index (κ1) is 16.6. The van der Waals surface area contributed by atoms with Crippen molar-refractivity contribution in [2.24, 2.45) is 0 Å². The average molecular weight is 262 g/mol. The number of unbranched alkanes of at least 4 members (excludes halogenated alkanes) is 2. The zero-order valence-electron chi connectivity index (χ0n) is 11.3. The number of carbonyl (C=O) groups is 1. The van der Waals surface area contributed by atoms with Crippen molar-refractivity contribution >= 4 is 14.2 Å². The van der Waals surface area contributed by atoms with Crippen LogP contribution in [-0.2, 0) is 8.85 Å². The molecule has 0 amide bonds. The van der Waals surface area contributed by atoms with Gasteiger partial charge in [-0.05, 0) is 12.8 Å². The second kappa shape index (κ2) is 9.62. The predicted octanol–water partition coefficient (Wildman–Crippen LogP) is 3.73. The topological polar surface area (TPSA) is 55.8 Å². The predicted molar refractivity (Wildman–Crippen MR) is 70.6 cm³/mol. The van der Waals surface area contributed by atoms with Crippen LogP contribution in [0.25, 0.3) is 0 Å². The van der Waals surface area contributed by atoms with E-state index in [2.05, 4.69) is 13.8 Å². The summed E-state index contributed by atoms with van der Waals surface area (Å²) in [7, 11) is -3.03. The fourth-order valence-corrected chi connectivity index (χ4v) is 3.95.